The van der Waals surface area contributed by atoms with E-state index in [1.165, 1.54) is 11.0 Å². The van der Waals surface area contributed by atoms with E-state index in [9.17, 15) is 14.7 Å². The van der Waals surface area contributed by atoms with Crippen molar-refractivity contribution in [1.29, 1.82) is 0 Å². The van der Waals surface area contributed by atoms with Crippen molar-refractivity contribution < 1.29 is 14.7 Å². The molecule has 0 aromatic carbocycles. The van der Waals surface area contributed by atoms with Gasteiger partial charge in [-0.2, -0.15) is 4.99 Å². The van der Waals surface area contributed by atoms with E-state index < -0.39 is 17.8 Å². The van der Waals surface area contributed by atoms with Crippen molar-refractivity contribution in [1.82, 2.24) is 4.90 Å². The highest BCUT2D eigenvalue weighted by Crippen LogP contribution is 2.17. The molecule has 0 saturated heterocycles. The molecule has 94 valence electrons. The van der Waals surface area contributed by atoms with E-state index >= 15 is 0 Å². The maximum absolute atomic E-state index is 11.9. The normalized spacial score (nSPS) is 20.4. The smallest absolute Gasteiger partial charge is 0.299 e. The van der Waals surface area contributed by atoms with Crippen molar-refractivity contribution in [3.05, 3.63) is 12.7 Å². The van der Waals surface area contributed by atoms with E-state index in [-0.39, 0.29) is 12.3 Å². The molecule has 1 aliphatic heterocycles. The predicted octanol–water partition coefficient (Wildman–Crippen LogP) is 1.65. The van der Waals surface area contributed by atoms with Crippen molar-refractivity contribution in [2.45, 2.75) is 32.6 Å². The van der Waals surface area contributed by atoms with Crippen LogP contribution in [0.15, 0.2) is 17.6 Å². The Bertz CT molecular complexity index is 350. The van der Waals surface area contributed by atoms with E-state index in [0.717, 1.165) is 19.3 Å². The van der Waals surface area contributed by atoms with Crippen molar-refractivity contribution in [2.24, 2.45) is 10.9 Å². The van der Waals surface area contributed by atoms with Gasteiger partial charge in [0, 0.05) is 6.54 Å². The molecule has 1 atom stereocenters. The molecule has 0 aromatic rings. The number of hydrogen-bond donors (Lipinski definition) is 1. The fraction of sp³-hybridized carbons (Fsp3) is 0.583. The van der Waals surface area contributed by atoms with Crippen LogP contribution in [0.25, 0.3) is 0 Å². The van der Waals surface area contributed by atoms with Gasteiger partial charge in [-0.25, -0.2) is 0 Å². The van der Waals surface area contributed by atoms with Crippen LogP contribution in [-0.4, -0.2) is 34.4 Å². The van der Waals surface area contributed by atoms with Crippen LogP contribution < -0.4 is 0 Å². The number of carbonyl (C=O) groups is 2. The van der Waals surface area contributed by atoms with Crippen LogP contribution in [0.4, 0.5) is 0 Å². The Kier molecular flexibility index (Phi) is 4.87. The Labute approximate surface area is 101 Å². The number of allylic oxidation sites excluding steroid dienone is 1. The fourth-order valence-corrected chi connectivity index (χ4v) is 1.73. The van der Waals surface area contributed by atoms with E-state index in [2.05, 4.69) is 18.5 Å². The molecule has 5 nitrogen and oxygen atoms in total. The van der Waals surface area contributed by atoms with E-state index in [1.54, 1.807) is 0 Å². The quantitative estimate of drug-likeness (QED) is 0.434. The van der Waals surface area contributed by atoms with Crippen molar-refractivity contribution >= 4 is 17.8 Å². The molecule has 1 aliphatic rings. The number of amides is 2. The number of aliphatic hydroxyl groups excluding tert-OH is 1. The molecule has 1 unspecified atom stereocenters. The van der Waals surface area contributed by atoms with Crippen LogP contribution in [0, 0.1) is 5.92 Å². The van der Waals surface area contributed by atoms with Crippen molar-refractivity contribution in [3.63, 3.8) is 0 Å². The van der Waals surface area contributed by atoms with Gasteiger partial charge in [0.25, 0.3) is 11.9 Å². The summed E-state index contributed by atoms with van der Waals surface area (Å²) in [5.41, 5.74) is 0. The first-order valence-corrected chi connectivity index (χ1v) is 5.85. The topological polar surface area (TPSA) is 70.0 Å². The largest absolute Gasteiger partial charge is 0.480 e. The first-order chi connectivity index (χ1) is 8.11. The van der Waals surface area contributed by atoms with Gasteiger partial charge in [0.15, 0.2) is 0 Å². The Morgan fingerprint density at radius 3 is 2.76 bits per heavy atom. The molecule has 2 amide bonds. The molecule has 17 heavy (non-hydrogen) atoms. The van der Waals surface area contributed by atoms with E-state index in [0.29, 0.717) is 6.54 Å². The lowest BCUT2D eigenvalue weighted by Gasteiger charge is -2.27. The molecule has 5 heteroatoms. The van der Waals surface area contributed by atoms with Gasteiger partial charge >= 0.3 is 0 Å². The monoisotopic (exact) mass is 238 g/mol. The minimum absolute atomic E-state index is 0.263. The number of aliphatic imine (C=N–C) groups is 1. The van der Waals surface area contributed by atoms with Crippen LogP contribution in [-0.2, 0) is 9.59 Å². The molecule has 1 N–H and O–H groups in total. The molecule has 0 saturated carbocycles. The highest BCUT2D eigenvalue weighted by atomic mass is 16.3. The third-order valence-electron chi connectivity index (χ3n) is 2.70. The molecule has 1 heterocycles. The van der Waals surface area contributed by atoms with Gasteiger partial charge < -0.3 is 5.11 Å². The van der Waals surface area contributed by atoms with Gasteiger partial charge in [0.1, 0.15) is 5.92 Å². The minimum Gasteiger partial charge on any atom is -0.480 e. The Balaban J connectivity index is 2.75. The highest BCUT2D eigenvalue weighted by Gasteiger charge is 2.36. The fourth-order valence-electron chi connectivity index (χ4n) is 1.73. The van der Waals surface area contributed by atoms with Gasteiger partial charge in [0.2, 0.25) is 5.91 Å². The SMILES string of the molecule is C=CCC1C(=O)N=C(O)N(CCCCC)C1=O. The predicted molar refractivity (Wildman–Crippen MR) is 64.6 cm³/mol. The molecule has 0 aromatic heterocycles. The second-order valence-electron chi connectivity index (χ2n) is 4.02. The number of amidine groups is 1. The zero-order chi connectivity index (χ0) is 12.8. The highest BCUT2D eigenvalue weighted by molar-refractivity contribution is 6.13. The lowest BCUT2D eigenvalue weighted by Crippen LogP contribution is -2.47. The zero-order valence-electron chi connectivity index (χ0n) is 10.1. The molecule has 0 aliphatic carbocycles. The lowest BCUT2D eigenvalue weighted by molar-refractivity contribution is -0.140. The molecule has 1 rings (SSSR count). The Morgan fingerprint density at radius 1 is 1.47 bits per heavy atom. The third-order valence-corrected chi connectivity index (χ3v) is 2.70. The molecule has 0 bridgehead atoms. The molecular weight excluding hydrogens is 220 g/mol. The van der Waals surface area contributed by atoms with Crippen LogP contribution >= 0.6 is 0 Å². The lowest BCUT2D eigenvalue weighted by atomic mass is 10.0. The summed E-state index contributed by atoms with van der Waals surface area (Å²) in [4.78, 5) is 28.1. The van der Waals surface area contributed by atoms with Crippen LogP contribution in [0.2, 0.25) is 0 Å². The van der Waals surface area contributed by atoms with Gasteiger partial charge in [0.05, 0.1) is 0 Å². The van der Waals surface area contributed by atoms with Gasteiger partial charge in [-0.05, 0) is 12.8 Å². The summed E-state index contributed by atoms with van der Waals surface area (Å²) >= 11 is 0. The second kappa shape index (κ2) is 6.18. The van der Waals surface area contributed by atoms with E-state index in [4.69, 9.17) is 0 Å². The van der Waals surface area contributed by atoms with E-state index in [1.807, 2.05) is 0 Å². The summed E-state index contributed by atoms with van der Waals surface area (Å²) < 4.78 is 0. The Hall–Kier alpha value is -1.65. The first-order valence-electron chi connectivity index (χ1n) is 5.85. The van der Waals surface area contributed by atoms with Crippen LogP contribution in [0.5, 0.6) is 0 Å². The molecular formula is C12H18N2O3. The van der Waals surface area contributed by atoms with Gasteiger partial charge in [-0.15, -0.1) is 6.58 Å². The summed E-state index contributed by atoms with van der Waals surface area (Å²) in [6, 6.07) is -0.476. The molecule has 0 spiro atoms. The maximum atomic E-state index is 11.9. The number of carbonyl (C=O) groups excluding carboxylic acids is 2. The number of rotatable bonds is 6. The first kappa shape index (κ1) is 13.4. The Morgan fingerprint density at radius 2 is 2.18 bits per heavy atom. The number of hydrogen-bond acceptors (Lipinski definition) is 2. The number of aliphatic hydroxyl groups is 1. The molecule has 0 radical (unpaired) electrons. The van der Waals surface area contributed by atoms with Crippen LogP contribution in [0.1, 0.15) is 32.6 Å². The van der Waals surface area contributed by atoms with Crippen molar-refractivity contribution in [3.8, 4) is 0 Å². The van der Waals surface area contributed by atoms with Gasteiger partial charge in [-0.3, -0.25) is 14.5 Å². The molecule has 0 fully saturated rings. The summed E-state index contributed by atoms with van der Waals surface area (Å²) in [6.07, 6.45) is 4.56. The van der Waals surface area contributed by atoms with Crippen molar-refractivity contribution in [2.75, 3.05) is 6.54 Å². The standard InChI is InChI=1S/C12H18N2O3/c1-3-5-6-8-14-11(16)9(7-4-2)10(15)13-12(14)17/h4,9H,2-3,5-8H2,1H3,(H,13,15,17). The number of nitrogens with zero attached hydrogens (tertiary/aromatic N) is 2. The minimum atomic E-state index is -0.815. The summed E-state index contributed by atoms with van der Waals surface area (Å²) in [5, 5.41) is 9.50. The maximum Gasteiger partial charge on any atom is 0.299 e. The summed E-state index contributed by atoms with van der Waals surface area (Å²) in [6.45, 7) is 5.97. The van der Waals surface area contributed by atoms with Gasteiger partial charge in [-0.1, -0.05) is 25.8 Å². The zero-order valence-corrected chi connectivity index (χ0v) is 10.1. The number of unbranched alkanes of at least 4 members (excludes halogenated alkanes) is 2. The summed E-state index contributed by atoms with van der Waals surface area (Å²) in [5.74, 6) is -1.78. The third kappa shape index (κ3) is 3.15. The second-order valence-corrected chi connectivity index (χ2v) is 4.02. The average Bonchev–Trinajstić information content (AvgIpc) is 2.29. The average molecular weight is 238 g/mol. The summed E-state index contributed by atoms with van der Waals surface area (Å²) in [7, 11) is 0. The van der Waals surface area contributed by atoms with Crippen LogP contribution in [0.3, 0.4) is 0 Å².